The summed E-state index contributed by atoms with van der Waals surface area (Å²) in [5.41, 5.74) is 0. The molecule has 0 aromatic carbocycles. The first-order chi connectivity index (χ1) is 20.5. The number of thiol groups is 2. The Bertz CT molecular complexity index is 558. The van der Waals surface area contributed by atoms with E-state index in [0.717, 1.165) is 38.5 Å². The molecule has 0 spiro atoms. The Labute approximate surface area is 290 Å². The normalized spacial score (nSPS) is 13.4. The van der Waals surface area contributed by atoms with E-state index in [-0.39, 0.29) is 21.1 Å². The molecule has 0 saturated carbocycles. The molecule has 0 aromatic heterocycles. The Morgan fingerprint density at radius 1 is 0.465 bits per heavy atom. The van der Waals surface area contributed by atoms with Crippen molar-refractivity contribution in [1.29, 1.82) is 0 Å². The first-order valence-corrected chi connectivity index (χ1v) is 23.1. The van der Waals surface area contributed by atoms with Crippen molar-refractivity contribution in [3.63, 3.8) is 0 Å². The van der Waals surface area contributed by atoms with Gasteiger partial charge in [0, 0.05) is 0 Å². The van der Waals surface area contributed by atoms with Gasteiger partial charge in [0.05, 0.1) is 21.4 Å². The molecule has 0 saturated heterocycles. The summed E-state index contributed by atoms with van der Waals surface area (Å²) in [6.45, 7) is 12.5. The van der Waals surface area contributed by atoms with Crippen LogP contribution in [0.25, 0.3) is 0 Å². The molecular formula is C36H72O4S2Sn. The van der Waals surface area contributed by atoms with Crippen LogP contribution in [-0.2, 0) is 9.59 Å². The van der Waals surface area contributed by atoms with Gasteiger partial charge in [0.2, 0.25) is 0 Å². The summed E-state index contributed by atoms with van der Waals surface area (Å²) >= 11 is 8.38. The Morgan fingerprint density at radius 2 is 0.721 bits per heavy atom. The molecule has 0 heterocycles. The summed E-state index contributed by atoms with van der Waals surface area (Å²) in [6.07, 6.45) is 28.8. The fourth-order valence-electron chi connectivity index (χ4n) is 4.72. The molecule has 0 aromatic rings. The van der Waals surface area contributed by atoms with Gasteiger partial charge in [-0.3, -0.25) is 0 Å². The topological polar surface area (TPSA) is 80.3 Å². The SMILES string of the molecule is CCCCCCC(S)(CC)C(=O)[O-].CCCCCCC(S)(CC)C(=O)[O-].CCCCCCC[CH2][Sn+2][CH2]CCCCCCC. The third-order valence-corrected chi connectivity index (χ3v) is 13.7. The van der Waals surface area contributed by atoms with Gasteiger partial charge in [-0.05, 0) is 25.7 Å². The van der Waals surface area contributed by atoms with Crippen LogP contribution in [-0.4, -0.2) is 42.6 Å². The molecule has 4 nitrogen and oxygen atoms in total. The second-order valence-corrected chi connectivity index (χ2v) is 18.2. The molecule has 2 atom stereocenters. The second kappa shape index (κ2) is 35.3. The van der Waals surface area contributed by atoms with E-state index in [4.69, 9.17) is 0 Å². The Balaban J connectivity index is -0.000000566. The molecule has 256 valence electrons. The predicted octanol–water partition coefficient (Wildman–Crippen LogP) is 9.82. The number of carboxylic acid groups (broad SMARTS) is 2. The van der Waals surface area contributed by atoms with Crippen LogP contribution in [0, 0.1) is 0 Å². The van der Waals surface area contributed by atoms with Gasteiger partial charge >= 0.3 is 121 Å². The van der Waals surface area contributed by atoms with E-state index in [9.17, 15) is 19.8 Å². The van der Waals surface area contributed by atoms with E-state index in [1.165, 1.54) is 77.0 Å². The van der Waals surface area contributed by atoms with Crippen LogP contribution in [0.4, 0.5) is 0 Å². The summed E-state index contributed by atoms with van der Waals surface area (Å²) < 4.78 is 1.50. The minimum absolute atomic E-state index is 0.0736. The third kappa shape index (κ3) is 32.2. The first kappa shape index (κ1) is 47.8. The number of rotatable bonds is 28. The standard InChI is InChI=1S/2C10H20O2S.2C8H17.Sn/c2*1-3-5-6-7-8-10(13,4-2)9(11)12;2*1-3-5-7-8-6-4-2;/h2*13H,3-8H2,1-2H3,(H,11,12);2*1,3-8H2,2H3;/q;;;;+2/p-2. The fourth-order valence-corrected chi connectivity index (χ4v) is 8.60. The molecule has 0 N–H and O–H groups in total. The number of carbonyl (C=O) groups is 2. The Kier molecular flexibility index (Phi) is 39.3. The maximum absolute atomic E-state index is 10.7. The van der Waals surface area contributed by atoms with Crippen molar-refractivity contribution in [2.24, 2.45) is 0 Å². The summed E-state index contributed by atoms with van der Waals surface area (Å²) in [5, 5.41) is 21.5. The minimum atomic E-state index is -1.03. The van der Waals surface area contributed by atoms with Gasteiger partial charge in [0.15, 0.2) is 0 Å². The number of carboxylic acids is 2. The monoisotopic (exact) mass is 752 g/mol. The summed E-state index contributed by atoms with van der Waals surface area (Å²) in [5.74, 6) is -2.07. The molecule has 0 bridgehead atoms. The Hall–Kier alpha value is 0.439. The number of aliphatic carboxylic acids is 2. The van der Waals surface area contributed by atoms with E-state index >= 15 is 0 Å². The summed E-state index contributed by atoms with van der Waals surface area (Å²) in [6, 6.07) is 0. The number of carbonyl (C=O) groups excluding carboxylic acids is 2. The summed E-state index contributed by atoms with van der Waals surface area (Å²) in [4.78, 5) is 21.5. The molecular weight excluding hydrogens is 679 g/mol. The van der Waals surface area contributed by atoms with E-state index in [1.54, 1.807) is 21.7 Å². The van der Waals surface area contributed by atoms with E-state index in [0.29, 0.717) is 25.7 Å². The number of unbranched alkanes of at least 4 members (excludes halogenated alkanes) is 16. The Morgan fingerprint density at radius 3 is 0.977 bits per heavy atom. The van der Waals surface area contributed by atoms with Gasteiger partial charge < -0.3 is 19.8 Å². The quantitative estimate of drug-likeness (QED) is 0.0474. The average Bonchev–Trinajstić information content (AvgIpc) is 3.00. The fraction of sp³-hybridized carbons (Fsp3) is 0.944. The van der Waals surface area contributed by atoms with Crippen LogP contribution in [0.2, 0.25) is 8.87 Å². The molecule has 7 heteroatoms. The van der Waals surface area contributed by atoms with Crippen LogP contribution >= 0.6 is 25.3 Å². The van der Waals surface area contributed by atoms with Crippen LogP contribution < -0.4 is 10.2 Å². The zero-order valence-corrected chi connectivity index (χ0v) is 34.1. The van der Waals surface area contributed by atoms with Gasteiger partial charge in [0.25, 0.3) is 0 Å². The van der Waals surface area contributed by atoms with Crippen LogP contribution in [0.3, 0.4) is 0 Å². The van der Waals surface area contributed by atoms with Crippen molar-refractivity contribution in [2.75, 3.05) is 0 Å². The molecule has 0 aliphatic heterocycles. The van der Waals surface area contributed by atoms with Gasteiger partial charge in [0.1, 0.15) is 0 Å². The zero-order chi connectivity index (χ0) is 33.2. The molecule has 0 aliphatic carbocycles. The van der Waals surface area contributed by atoms with Gasteiger partial charge in [-0.25, -0.2) is 0 Å². The molecule has 0 fully saturated rings. The second-order valence-electron chi connectivity index (χ2n) is 12.3. The van der Waals surface area contributed by atoms with Crippen molar-refractivity contribution in [3.8, 4) is 0 Å². The van der Waals surface area contributed by atoms with Gasteiger partial charge in [-0.15, -0.1) is 0 Å². The maximum atomic E-state index is 10.7. The molecule has 0 rings (SSSR count). The third-order valence-electron chi connectivity index (χ3n) is 8.23. The molecule has 0 amide bonds. The van der Waals surface area contributed by atoms with E-state index in [1.807, 2.05) is 13.8 Å². The molecule has 43 heavy (non-hydrogen) atoms. The van der Waals surface area contributed by atoms with Crippen molar-refractivity contribution >= 4 is 58.3 Å². The zero-order valence-electron chi connectivity index (χ0n) is 29.4. The van der Waals surface area contributed by atoms with Crippen molar-refractivity contribution < 1.29 is 19.8 Å². The number of hydrogen-bond donors (Lipinski definition) is 2. The van der Waals surface area contributed by atoms with E-state index in [2.05, 4.69) is 53.0 Å². The van der Waals surface area contributed by atoms with E-state index < -0.39 is 21.4 Å². The molecule has 0 radical (unpaired) electrons. The molecule has 2 unspecified atom stereocenters. The average molecular weight is 752 g/mol. The summed E-state index contributed by atoms with van der Waals surface area (Å²) in [7, 11) is 0. The van der Waals surface area contributed by atoms with Crippen molar-refractivity contribution in [2.45, 2.75) is 214 Å². The van der Waals surface area contributed by atoms with Gasteiger partial charge in [-0.2, -0.15) is 25.3 Å². The molecule has 0 aliphatic rings. The van der Waals surface area contributed by atoms with Crippen molar-refractivity contribution in [1.82, 2.24) is 0 Å². The van der Waals surface area contributed by atoms with Crippen molar-refractivity contribution in [3.05, 3.63) is 0 Å². The number of hydrogen-bond acceptors (Lipinski definition) is 6. The predicted molar refractivity (Wildman–Crippen MR) is 194 cm³/mol. The first-order valence-electron chi connectivity index (χ1n) is 18.1. The van der Waals surface area contributed by atoms with Crippen LogP contribution in [0.1, 0.15) is 196 Å². The van der Waals surface area contributed by atoms with Crippen LogP contribution in [0.5, 0.6) is 0 Å². The van der Waals surface area contributed by atoms with Crippen LogP contribution in [0.15, 0.2) is 0 Å². The van der Waals surface area contributed by atoms with Gasteiger partial charge in [-0.1, -0.05) is 79.1 Å².